The summed E-state index contributed by atoms with van der Waals surface area (Å²) in [6.45, 7) is 3.81. The normalized spacial score (nSPS) is 29.2. The van der Waals surface area contributed by atoms with Gasteiger partial charge in [0.15, 0.2) is 0 Å². The van der Waals surface area contributed by atoms with Crippen LogP contribution in [0, 0.1) is 5.41 Å². The highest BCUT2D eigenvalue weighted by Crippen LogP contribution is 2.60. The van der Waals surface area contributed by atoms with Crippen molar-refractivity contribution in [1.29, 1.82) is 0 Å². The molecule has 0 bridgehead atoms. The van der Waals surface area contributed by atoms with Crippen LogP contribution in [0.25, 0.3) is 0 Å². The Morgan fingerprint density at radius 2 is 1.87 bits per heavy atom. The molecule has 1 saturated carbocycles. The Hall–Kier alpha value is -0.970. The van der Waals surface area contributed by atoms with Gasteiger partial charge in [-0.2, -0.15) is 13.2 Å². The zero-order valence-electron chi connectivity index (χ0n) is 8.48. The SMILES string of the molecule is CC1(C)CC1(N)c1ccc(C(F)(F)F)o1. The molecule has 0 spiro atoms. The molecule has 1 atom stereocenters. The van der Waals surface area contributed by atoms with Gasteiger partial charge in [-0.05, 0) is 24.0 Å². The quantitative estimate of drug-likeness (QED) is 0.788. The summed E-state index contributed by atoms with van der Waals surface area (Å²) >= 11 is 0. The van der Waals surface area contributed by atoms with E-state index < -0.39 is 17.5 Å². The van der Waals surface area contributed by atoms with E-state index in [0.717, 1.165) is 6.07 Å². The molecule has 5 heteroatoms. The van der Waals surface area contributed by atoms with E-state index in [0.29, 0.717) is 6.42 Å². The van der Waals surface area contributed by atoms with Crippen LogP contribution in [-0.4, -0.2) is 0 Å². The summed E-state index contributed by atoms with van der Waals surface area (Å²) in [6, 6.07) is 2.25. The number of furan rings is 1. The van der Waals surface area contributed by atoms with E-state index in [-0.39, 0.29) is 11.2 Å². The summed E-state index contributed by atoms with van der Waals surface area (Å²) in [6.07, 6.45) is -3.79. The monoisotopic (exact) mass is 219 g/mol. The van der Waals surface area contributed by atoms with Crippen molar-refractivity contribution in [2.24, 2.45) is 11.1 Å². The van der Waals surface area contributed by atoms with Crippen molar-refractivity contribution < 1.29 is 17.6 Å². The van der Waals surface area contributed by atoms with Crippen molar-refractivity contribution in [3.05, 3.63) is 23.7 Å². The fourth-order valence-electron chi connectivity index (χ4n) is 1.80. The Morgan fingerprint density at radius 3 is 2.20 bits per heavy atom. The molecule has 2 nitrogen and oxygen atoms in total. The van der Waals surface area contributed by atoms with Crippen molar-refractivity contribution in [2.75, 3.05) is 0 Å². The molecule has 15 heavy (non-hydrogen) atoms. The number of alkyl halides is 3. The lowest BCUT2D eigenvalue weighted by Crippen LogP contribution is -2.24. The van der Waals surface area contributed by atoms with Gasteiger partial charge in [0.1, 0.15) is 5.76 Å². The Bertz CT molecular complexity index is 394. The molecule has 1 aliphatic rings. The second-order valence-electron chi connectivity index (χ2n) is 4.69. The van der Waals surface area contributed by atoms with Crippen molar-refractivity contribution in [2.45, 2.75) is 32.0 Å². The Balaban J connectivity index is 2.31. The standard InChI is InChI=1S/C10H12F3NO/c1-8(2)5-9(8,14)6-3-4-7(15-6)10(11,12)13/h3-4H,5,14H2,1-2H3. The van der Waals surface area contributed by atoms with E-state index in [9.17, 15) is 13.2 Å². The van der Waals surface area contributed by atoms with Gasteiger partial charge in [-0.15, -0.1) is 0 Å². The minimum Gasteiger partial charge on any atom is -0.455 e. The molecule has 1 unspecified atom stereocenters. The van der Waals surface area contributed by atoms with Crippen LogP contribution in [-0.2, 0) is 11.7 Å². The molecule has 0 saturated heterocycles. The van der Waals surface area contributed by atoms with Crippen molar-refractivity contribution >= 4 is 0 Å². The van der Waals surface area contributed by atoms with Crippen LogP contribution in [0.5, 0.6) is 0 Å². The van der Waals surface area contributed by atoms with E-state index >= 15 is 0 Å². The first kappa shape index (κ1) is 10.5. The molecule has 0 radical (unpaired) electrons. The zero-order chi connectivity index (χ0) is 11.5. The maximum Gasteiger partial charge on any atom is 0.449 e. The fourth-order valence-corrected chi connectivity index (χ4v) is 1.80. The van der Waals surface area contributed by atoms with Crippen molar-refractivity contribution in [3.63, 3.8) is 0 Å². The summed E-state index contributed by atoms with van der Waals surface area (Å²) in [5, 5.41) is 0. The summed E-state index contributed by atoms with van der Waals surface area (Å²) in [5.74, 6) is -0.759. The maximum absolute atomic E-state index is 12.3. The van der Waals surface area contributed by atoms with Crippen LogP contribution in [0.2, 0.25) is 0 Å². The molecule has 0 aromatic carbocycles. The van der Waals surface area contributed by atoms with Crippen LogP contribution in [0.1, 0.15) is 31.8 Å². The molecule has 2 rings (SSSR count). The van der Waals surface area contributed by atoms with Gasteiger partial charge >= 0.3 is 6.18 Å². The molecule has 2 N–H and O–H groups in total. The summed E-state index contributed by atoms with van der Waals surface area (Å²) in [7, 11) is 0. The molecule has 0 amide bonds. The minimum atomic E-state index is -4.44. The Labute approximate surface area is 85.2 Å². The topological polar surface area (TPSA) is 39.2 Å². The molecular formula is C10H12F3NO. The third-order valence-electron chi connectivity index (χ3n) is 3.13. The third kappa shape index (κ3) is 1.45. The number of nitrogens with two attached hydrogens (primary N) is 1. The van der Waals surface area contributed by atoms with Gasteiger partial charge in [0.2, 0.25) is 5.76 Å². The number of halogens is 3. The highest BCUT2D eigenvalue weighted by Gasteiger charge is 2.62. The molecule has 1 aromatic heterocycles. The predicted molar refractivity (Wildman–Crippen MR) is 48.0 cm³/mol. The molecule has 1 fully saturated rings. The first-order chi connectivity index (χ1) is 6.67. The molecule has 84 valence electrons. The van der Waals surface area contributed by atoms with Gasteiger partial charge in [0.25, 0.3) is 0 Å². The van der Waals surface area contributed by atoms with Crippen molar-refractivity contribution in [1.82, 2.24) is 0 Å². The van der Waals surface area contributed by atoms with Crippen LogP contribution in [0.4, 0.5) is 13.2 Å². The smallest absolute Gasteiger partial charge is 0.449 e. The van der Waals surface area contributed by atoms with Crippen LogP contribution in [0.3, 0.4) is 0 Å². The largest absolute Gasteiger partial charge is 0.455 e. The lowest BCUT2D eigenvalue weighted by molar-refractivity contribution is -0.153. The fraction of sp³-hybridized carbons (Fsp3) is 0.600. The Morgan fingerprint density at radius 1 is 1.33 bits per heavy atom. The van der Waals surface area contributed by atoms with E-state index in [1.54, 1.807) is 0 Å². The highest BCUT2D eigenvalue weighted by atomic mass is 19.4. The molecule has 1 aliphatic carbocycles. The van der Waals surface area contributed by atoms with E-state index in [1.165, 1.54) is 6.07 Å². The average Bonchev–Trinajstić information content (AvgIpc) is 2.51. The first-order valence-electron chi connectivity index (χ1n) is 4.63. The third-order valence-corrected chi connectivity index (χ3v) is 3.13. The lowest BCUT2D eigenvalue weighted by atomic mass is 10.0. The molecular weight excluding hydrogens is 207 g/mol. The number of hydrogen-bond donors (Lipinski definition) is 1. The van der Waals surface area contributed by atoms with Crippen LogP contribution >= 0.6 is 0 Å². The van der Waals surface area contributed by atoms with Crippen molar-refractivity contribution in [3.8, 4) is 0 Å². The predicted octanol–water partition coefficient (Wildman–Crippen LogP) is 2.88. The summed E-state index contributed by atoms with van der Waals surface area (Å²) in [5.41, 5.74) is 5.01. The van der Waals surface area contributed by atoms with Crippen LogP contribution < -0.4 is 5.73 Å². The zero-order valence-corrected chi connectivity index (χ0v) is 8.48. The van der Waals surface area contributed by atoms with Gasteiger partial charge in [-0.1, -0.05) is 13.8 Å². The minimum absolute atomic E-state index is 0.187. The molecule has 1 heterocycles. The molecule has 1 aromatic rings. The highest BCUT2D eigenvalue weighted by molar-refractivity contribution is 5.29. The van der Waals surface area contributed by atoms with E-state index in [1.807, 2.05) is 13.8 Å². The summed E-state index contributed by atoms with van der Waals surface area (Å²) < 4.78 is 41.6. The lowest BCUT2D eigenvalue weighted by Gasteiger charge is -2.11. The van der Waals surface area contributed by atoms with E-state index in [2.05, 4.69) is 0 Å². The van der Waals surface area contributed by atoms with Gasteiger partial charge in [-0.25, -0.2) is 0 Å². The molecule has 0 aliphatic heterocycles. The average molecular weight is 219 g/mol. The first-order valence-corrected chi connectivity index (χ1v) is 4.63. The van der Waals surface area contributed by atoms with E-state index in [4.69, 9.17) is 10.2 Å². The summed E-state index contributed by atoms with van der Waals surface area (Å²) in [4.78, 5) is 0. The van der Waals surface area contributed by atoms with Gasteiger partial charge in [0.05, 0.1) is 5.54 Å². The van der Waals surface area contributed by atoms with Gasteiger partial charge in [-0.3, -0.25) is 0 Å². The maximum atomic E-state index is 12.3. The van der Waals surface area contributed by atoms with Crippen LogP contribution in [0.15, 0.2) is 16.5 Å². The number of hydrogen-bond acceptors (Lipinski definition) is 2. The second-order valence-corrected chi connectivity index (χ2v) is 4.69. The van der Waals surface area contributed by atoms with Gasteiger partial charge in [0, 0.05) is 0 Å². The number of rotatable bonds is 1. The Kier molecular flexibility index (Phi) is 1.81. The second kappa shape index (κ2) is 2.58. The van der Waals surface area contributed by atoms with Gasteiger partial charge < -0.3 is 10.2 Å².